The first-order valence-electron chi connectivity index (χ1n) is 10.3. The quantitative estimate of drug-likeness (QED) is 0.341. The van der Waals surface area contributed by atoms with Crippen LogP contribution >= 0.6 is 15.9 Å². The van der Waals surface area contributed by atoms with E-state index in [4.69, 9.17) is 0 Å². The maximum Gasteiger partial charge on any atom is 0.261 e. The van der Waals surface area contributed by atoms with E-state index < -0.39 is 10.0 Å². The second-order valence-electron chi connectivity index (χ2n) is 7.74. The first-order chi connectivity index (χ1) is 16.3. The number of benzene rings is 4. The Morgan fingerprint density at radius 2 is 1.65 bits per heavy atom. The highest BCUT2D eigenvalue weighted by Gasteiger charge is 2.28. The van der Waals surface area contributed by atoms with Crippen molar-refractivity contribution in [1.29, 1.82) is 0 Å². The predicted octanol–water partition coefficient (Wildman–Crippen LogP) is 5.41. The number of fused-ring (bicyclic) bond motifs is 3. The molecule has 0 aliphatic carbocycles. The van der Waals surface area contributed by atoms with Gasteiger partial charge < -0.3 is 5.32 Å². The molecule has 0 bridgehead atoms. The molecule has 9 heteroatoms. The molecule has 7 nitrogen and oxygen atoms in total. The van der Waals surface area contributed by atoms with E-state index in [9.17, 15) is 18.0 Å². The van der Waals surface area contributed by atoms with E-state index in [2.05, 4.69) is 26.0 Å². The lowest BCUT2D eigenvalue weighted by Gasteiger charge is -2.23. The summed E-state index contributed by atoms with van der Waals surface area (Å²) in [4.78, 5) is 27.0. The largest absolute Gasteiger partial charge is 0.323 e. The van der Waals surface area contributed by atoms with Crippen LogP contribution in [0.5, 0.6) is 0 Å². The number of nitrogens with one attached hydrogen (secondary N) is 2. The molecule has 34 heavy (non-hydrogen) atoms. The summed E-state index contributed by atoms with van der Waals surface area (Å²) in [6.45, 7) is 0. The number of nitrogens with zero attached hydrogens (tertiary/aromatic N) is 1. The van der Waals surface area contributed by atoms with Crippen molar-refractivity contribution in [3.8, 4) is 0 Å². The van der Waals surface area contributed by atoms with Gasteiger partial charge in [-0.05, 0) is 53.9 Å². The Labute approximate surface area is 204 Å². The molecule has 0 fully saturated rings. The zero-order valence-corrected chi connectivity index (χ0v) is 20.1. The lowest BCUT2D eigenvalue weighted by molar-refractivity contribution is -0.124. The van der Waals surface area contributed by atoms with Gasteiger partial charge in [0, 0.05) is 21.2 Å². The van der Waals surface area contributed by atoms with Crippen molar-refractivity contribution in [1.82, 2.24) is 0 Å². The fourth-order valence-electron chi connectivity index (χ4n) is 3.92. The van der Waals surface area contributed by atoms with Gasteiger partial charge in [0.1, 0.15) is 6.42 Å². The topological polar surface area (TPSA) is 95.6 Å². The molecule has 0 saturated carbocycles. The summed E-state index contributed by atoms with van der Waals surface area (Å²) < 4.78 is 28.6. The van der Waals surface area contributed by atoms with Gasteiger partial charge in [-0.2, -0.15) is 0 Å². The van der Waals surface area contributed by atoms with Crippen LogP contribution in [-0.4, -0.2) is 20.2 Å². The summed E-state index contributed by atoms with van der Waals surface area (Å²) in [5.74, 6) is -0.766. The second kappa shape index (κ2) is 8.58. The molecule has 4 aromatic rings. The normalized spacial score (nSPS) is 13.9. The minimum Gasteiger partial charge on any atom is -0.323 e. The zero-order chi connectivity index (χ0) is 23.9. The third-order valence-corrected chi connectivity index (χ3v) is 7.33. The maximum absolute atomic E-state index is 13.0. The van der Waals surface area contributed by atoms with Gasteiger partial charge in [0.15, 0.2) is 0 Å². The van der Waals surface area contributed by atoms with Gasteiger partial charge in [-0.1, -0.05) is 52.3 Å². The summed E-state index contributed by atoms with van der Waals surface area (Å²) in [6.07, 6.45) is -0.305. The van der Waals surface area contributed by atoms with Crippen LogP contribution in [0.2, 0.25) is 0 Å². The Balaban J connectivity index is 1.51. The standard InChI is InChI=1S/C25H18BrN3O4S/c26-17-5-3-6-20(14-17)34(32,33)28-18-9-11-19(12-10-18)29-22-13-8-16-4-1-2-7-21(16)25(22)27-23(30)15-24(29)31/h1-14,28H,15H2,(H,27,30). The summed E-state index contributed by atoms with van der Waals surface area (Å²) in [7, 11) is -3.79. The van der Waals surface area contributed by atoms with Crippen molar-refractivity contribution in [2.75, 3.05) is 14.9 Å². The first-order valence-corrected chi connectivity index (χ1v) is 12.6. The smallest absolute Gasteiger partial charge is 0.261 e. The Morgan fingerprint density at radius 1 is 0.882 bits per heavy atom. The average molecular weight is 536 g/mol. The summed E-state index contributed by atoms with van der Waals surface area (Å²) in [5.41, 5.74) is 1.98. The number of halogens is 1. The number of anilines is 4. The van der Waals surface area contributed by atoms with Crippen molar-refractivity contribution in [2.24, 2.45) is 0 Å². The monoisotopic (exact) mass is 535 g/mol. The van der Waals surface area contributed by atoms with Crippen LogP contribution in [0.3, 0.4) is 0 Å². The number of rotatable bonds is 4. The molecule has 1 aliphatic rings. The van der Waals surface area contributed by atoms with Crippen LogP contribution in [0.1, 0.15) is 6.42 Å². The molecule has 170 valence electrons. The van der Waals surface area contributed by atoms with Crippen LogP contribution in [-0.2, 0) is 19.6 Å². The molecule has 0 spiro atoms. The SMILES string of the molecule is O=C1CC(=O)N(c2ccc(NS(=O)(=O)c3cccc(Br)c3)cc2)c2ccc3ccccc3c2N1. The van der Waals surface area contributed by atoms with Crippen molar-refractivity contribution in [3.05, 3.63) is 89.4 Å². The molecule has 1 aliphatic heterocycles. The number of carbonyl (C=O) groups is 2. The molecule has 4 aromatic carbocycles. The highest BCUT2D eigenvalue weighted by atomic mass is 79.9. The van der Waals surface area contributed by atoms with E-state index >= 15 is 0 Å². The third kappa shape index (κ3) is 4.15. The van der Waals surface area contributed by atoms with E-state index in [1.807, 2.05) is 30.3 Å². The van der Waals surface area contributed by atoms with E-state index in [1.165, 1.54) is 17.0 Å². The molecule has 0 unspecified atom stereocenters. The fraction of sp³-hybridized carbons (Fsp3) is 0.0400. The zero-order valence-electron chi connectivity index (χ0n) is 17.7. The van der Waals surface area contributed by atoms with Gasteiger partial charge in [-0.3, -0.25) is 19.2 Å². The fourth-order valence-corrected chi connectivity index (χ4v) is 5.58. The van der Waals surface area contributed by atoms with E-state index in [0.29, 0.717) is 27.2 Å². The van der Waals surface area contributed by atoms with Gasteiger partial charge in [0.2, 0.25) is 11.8 Å². The van der Waals surface area contributed by atoms with Gasteiger partial charge in [0.05, 0.1) is 16.3 Å². The molecular formula is C25H18BrN3O4S. The number of amides is 2. The van der Waals surface area contributed by atoms with Crippen molar-refractivity contribution in [3.63, 3.8) is 0 Å². The number of sulfonamides is 1. The highest BCUT2D eigenvalue weighted by molar-refractivity contribution is 9.10. The molecular weight excluding hydrogens is 518 g/mol. The average Bonchev–Trinajstić information content (AvgIpc) is 2.94. The van der Waals surface area contributed by atoms with Gasteiger partial charge >= 0.3 is 0 Å². The van der Waals surface area contributed by atoms with Gasteiger partial charge in [-0.15, -0.1) is 0 Å². The molecule has 0 radical (unpaired) electrons. The van der Waals surface area contributed by atoms with Crippen LogP contribution in [0.25, 0.3) is 10.8 Å². The van der Waals surface area contributed by atoms with E-state index in [-0.39, 0.29) is 23.1 Å². The molecule has 2 amide bonds. The first kappa shape index (κ1) is 22.1. The minimum atomic E-state index is -3.79. The Morgan fingerprint density at radius 3 is 2.41 bits per heavy atom. The van der Waals surface area contributed by atoms with E-state index in [0.717, 1.165) is 10.8 Å². The number of hydrogen-bond donors (Lipinski definition) is 2. The maximum atomic E-state index is 13.0. The molecule has 0 saturated heterocycles. The molecule has 1 heterocycles. The summed E-state index contributed by atoms with van der Waals surface area (Å²) in [5, 5.41) is 4.63. The van der Waals surface area contributed by atoms with Crippen LogP contribution in [0, 0.1) is 0 Å². The van der Waals surface area contributed by atoms with Crippen LogP contribution < -0.4 is 14.9 Å². The lowest BCUT2D eigenvalue weighted by Crippen LogP contribution is -2.26. The van der Waals surface area contributed by atoms with Crippen molar-refractivity contribution >= 4 is 71.3 Å². The van der Waals surface area contributed by atoms with Crippen LogP contribution in [0.4, 0.5) is 22.7 Å². The Hall–Kier alpha value is -3.69. The number of hydrogen-bond acceptors (Lipinski definition) is 4. The van der Waals surface area contributed by atoms with Crippen LogP contribution in [0.15, 0.2) is 94.3 Å². The molecule has 0 aromatic heterocycles. The summed E-state index contributed by atoms with van der Waals surface area (Å²) >= 11 is 3.28. The van der Waals surface area contributed by atoms with Gasteiger partial charge in [-0.25, -0.2) is 8.42 Å². The highest BCUT2D eigenvalue weighted by Crippen LogP contribution is 2.40. The van der Waals surface area contributed by atoms with Crippen molar-refractivity contribution in [2.45, 2.75) is 11.3 Å². The van der Waals surface area contributed by atoms with E-state index in [1.54, 1.807) is 42.5 Å². The Kier molecular flexibility index (Phi) is 5.59. The Bertz CT molecular complexity index is 1550. The predicted molar refractivity (Wildman–Crippen MR) is 136 cm³/mol. The number of carbonyl (C=O) groups excluding carboxylic acids is 2. The molecule has 2 N–H and O–H groups in total. The second-order valence-corrected chi connectivity index (χ2v) is 10.3. The molecule has 5 rings (SSSR count). The van der Waals surface area contributed by atoms with Gasteiger partial charge in [0.25, 0.3) is 10.0 Å². The molecule has 0 atom stereocenters. The lowest BCUT2D eigenvalue weighted by atomic mass is 10.1. The third-order valence-electron chi connectivity index (χ3n) is 5.46. The van der Waals surface area contributed by atoms with Crippen molar-refractivity contribution < 1.29 is 18.0 Å². The minimum absolute atomic E-state index is 0.124. The summed E-state index contributed by atoms with van der Waals surface area (Å²) in [6, 6.07) is 24.2.